The molecule has 2 nitrogen and oxygen atoms in total. The highest BCUT2D eigenvalue weighted by Crippen LogP contribution is 2.36. The van der Waals surface area contributed by atoms with E-state index in [1.54, 1.807) is 12.4 Å². The minimum absolute atomic E-state index is 0.576. The van der Waals surface area contributed by atoms with Gasteiger partial charge in [-0.3, -0.25) is 4.98 Å². The molecule has 0 aliphatic rings. The quantitative estimate of drug-likeness (QED) is 0.352. The Hall–Kier alpha value is -3.48. The maximum atomic E-state index is 9.05. The first-order valence-corrected chi connectivity index (χ1v) is 9.51. The van der Waals surface area contributed by atoms with Crippen LogP contribution < -0.4 is 0 Å². The second-order valence-electron chi connectivity index (χ2n) is 6.46. The van der Waals surface area contributed by atoms with Crippen LogP contribution >= 0.6 is 11.3 Å². The third-order valence-corrected chi connectivity index (χ3v) is 5.93. The highest BCUT2D eigenvalue weighted by molar-refractivity contribution is 7.25. The summed E-state index contributed by atoms with van der Waals surface area (Å²) in [5, 5.41) is 11.7. The first kappa shape index (κ1) is 15.7. The van der Waals surface area contributed by atoms with Crippen LogP contribution in [0.5, 0.6) is 0 Å². The van der Waals surface area contributed by atoms with E-state index in [1.165, 1.54) is 31.3 Å². The molecule has 0 atom stereocenters. The summed E-state index contributed by atoms with van der Waals surface area (Å²) in [6.45, 7) is 0. The topological polar surface area (TPSA) is 36.7 Å². The molecule has 27 heavy (non-hydrogen) atoms. The molecule has 2 aromatic heterocycles. The minimum atomic E-state index is 0.576. The summed E-state index contributed by atoms with van der Waals surface area (Å²) in [6.07, 6.45) is 3.37. The summed E-state index contributed by atoms with van der Waals surface area (Å²) in [7, 11) is 0. The van der Waals surface area contributed by atoms with Gasteiger partial charge in [-0.25, -0.2) is 0 Å². The summed E-state index contributed by atoms with van der Waals surface area (Å²) in [6, 6.07) is 27.7. The molecule has 3 heteroatoms. The lowest BCUT2D eigenvalue weighted by atomic mass is 10.00. The van der Waals surface area contributed by atoms with Gasteiger partial charge in [0.15, 0.2) is 0 Å². The molecule has 3 aromatic carbocycles. The first-order valence-electron chi connectivity index (χ1n) is 8.69. The van der Waals surface area contributed by atoms with E-state index in [0.717, 1.165) is 11.1 Å². The largest absolute Gasteiger partial charge is 0.263 e. The number of pyridine rings is 1. The van der Waals surface area contributed by atoms with Crippen LogP contribution in [0.2, 0.25) is 0 Å². The van der Waals surface area contributed by atoms with Crippen molar-refractivity contribution in [3.8, 4) is 28.3 Å². The van der Waals surface area contributed by atoms with Gasteiger partial charge in [0.25, 0.3) is 0 Å². The predicted molar refractivity (Wildman–Crippen MR) is 113 cm³/mol. The predicted octanol–water partition coefficient (Wildman–Crippen LogP) is 6.66. The molecule has 0 fully saturated rings. The van der Waals surface area contributed by atoms with Crippen molar-refractivity contribution in [2.45, 2.75) is 0 Å². The van der Waals surface area contributed by atoms with Gasteiger partial charge in [0.1, 0.15) is 6.07 Å². The fourth-order valence-corrected chi connectivity index (χ4v) is 4.56. The zero-order valence-electron chi connectivity index (χ0n) is 14.4. The van der Waals surface area contributed by atoms with Gasteiger partial charge in [-0.1, -0.05) is 54.6 Å². The summed E-state index contributed by atoms with van der Waals surface area (Å²) < 4.78 is 2.63. The molecule has 126 valence electrons. The van der Waals surface area contributed by atoms with Gasteiger partial charge < -0.3 is 0 Å². The van der Waals surface area contributed by atoms with E-state index in [2.05, 4.69) is 77.8 Å². The number of nitriles is 1. The van der Waals surface area contributed by atoms with Crippen LogP contribution in [0.4, 0.5) is 0 Å². The molecular formula is C24H14N2S. The number of aromatic nitrogens is 1. The number of nitrogens with zero attached hydrogens (tertiary/aromatic N) is 2. The SMILES string of the molecule is N#Cc1cncc(-c2ccc(-c3ccc4c(c3)sc3ccccc34)cc2)c1. The number of hydrogen-bond donors (Lipinski definition) is 0. The van der Waals surface area contributed by atoms with Crippen LogP contribution in [0.25, 0.3) is 42.4 Å². The molecule has 0 amide bonds. The minimum Gasteiger partial charge on any atom is -0.263 e. The molecule has 5 aromatic rings. The molecule has 0 bridgehead atoms. The zero-order valence-corrected chi connectivity index (χ0v) is 15.2. The number of hydrogen-bond acceptors (Lipinski definition) is 3. The molecule has 0 aliphatic heterocycles. The molecular weight excluding hydrogens is 348 g/mol. The highest BCUT2D eigenvalue weighted by atomic mass is 32.1. The monoisotopic (exact) mass is 362 g/mol. The molecule has 0 saturated carbocycles. The van der Waals surface area contributed by atoms with Crippen LogP contribution in [0.3, 0.4) is 0 Å². The van der Waals surface area contributed by atoms with Crippen molar-refractivity contribution in [2.24, 2.45) is 0 Å². The molecule has 0 N–H and O–H groups in total. The normalized spacial score (nSPS) is 10.9. The molecule has 0 aliphatic carbocycles. The summed E-state index contributed by atoms with van der Waals surface area (Å²) in [5.74, 6) is 0. The lowest BCUT2D eigenvalue weighted by Crippen LogP contribution is -1.84. The van der Waals surface area contributed by atoms with E-state index in [1.807, 2.05) is 17.4 Å². The van der Waals surface area contributed by atoms with Crippen LogP contribution in [0.15, 0.2) is 85.2 Å². The van der Waals surface area contributed by atoms with E-state index >= 15 is 0 Å². The van der Waals surface area contributed by atoms with Crippen LogP contribution in [0, 0.1) is 11.3 Å². The van der Waals surface area contributed by atoms with Crippen LogP contribution in [-0.2, 0) is 0 Å². The van der Waals surface area contributed by atoms with Crippen molar-refractivity contribution < 1.29 is 0 Å². The Kier molecular flexibility index (Phi) is 3.71. The lowest BCUT2D eigenvalue weighted by molar-refractivity contribution is 1.30. The smallest absolute Gasteiger partial charge is 0.101 e. The Balaban J connectivity index is 1.54. The van der Waals surface area contributed by atoms with Gasteiger partial charge in [0.2, 0.25) is 0 Å². The maximum Gasteiger partial charge on any atom is 0.101 e. The Labute approximate surface area is 161 Å². The number of thiophene rings is 1. The fourth-order valence-electron chi connectivity index (χ4n) is 3.42. The third-order valence-electron chi connectivity index (χ3n) is 4.80. The van der Waals surface area contributed by atoms with Crippen molar-refractivity contribution in [3.05, 3.63) is 90.8 Å². The second kappa shape index (κ2) is 6.35. The van der Waals surface area contributed by atoms with Crippen molar-refractivity contribution in [1.82, 2.24) is 4.98 Å². The van der Waals surface area contributed by atoms with Crippen molar-refractivity contribution >= 4 is 31.5 Å². The van der Waals surface area contributed by atoms with Gasteiger partial charge in [0, 0.05) is 38.1 Å². The van der Waals surface area contributed by atoms with Gasteiger partial charge in [-0.2, -0.15) is 5.26 Å². The second-order valence-corrected chi connectivity index (χ2v) is 7.54. The van der Waals surface area contributed by atoms with Crippen molar-refractivity contribution in [3.63, 3.8) is 0 Å². The molecule has 0 saturated heterocycles. The van der Waals surface area contributed by atoms with Crippen molar-refractivity contribution in [2.75, 3.05) is 0 Å². The van der Waals surface area contributed by atoms with E-state index in [0.29, 0.717) is 5.56 Å². The molecule has 2 heterocycles. The van der Waals surface area contributed by atoms with Crippen LogP contribution in [-0.4, -0.2) is 4.98 Å². The maximum absolute atomic E-state index is 9.05. The van der Waals surface area contributed by atoms with E-state index in [9.17, 15) is 0 Å². The molecule has 0 unspecified atom stereocenters. The highest BCUT2D eigenvalue weighted by Gasteiger charge is 2.07. The summed E-state index contributed by atoms with van der Waals surface area (Å²) >= 11 is 1.84. The van der Waals surface area contributed by atoms with Gasteiger partial charge in [0.05, 0.1) is 5.56 Å². The van der Waals surface area contributed by atoms with Crippen molar-refractivity contribution in [1.29, 1.82) is 5.26 Å². The number of benzene rings is 3. The Morgan fingerprint density at radius 3 is 2.19 bits per heavy atom. The average Bonchev–Trinajstić information content (AvgIpc) is 3.12. The number of rotatable bonds is 2. The Morgan fingerprint density at radius 2 is 1.37 bits per heavy atom. The molecule has 0 spiro atoms. The Morgan fingerprint density at radius 1 is 0.667 bits per heavy atom. The molecule has 5 rings (SSSR count). The average molecular weight is 362 g/mol. The number of fused-ring (bicyclic) bond motifs is 3. The van der Waals surface area contributed by atoms with Crippen LogP contribution in [0.1, 0.15) is 5.56 Å². The summed E-state index contributed by atoms with van der Waals surface area (Å²) in [4.78, 5) is 4.15. The lowest BCUT2D eigenvalue weighted by Gasteiger charge is -2.05. The fraction of sp³-hybridized carbons (Fsp3) is 0. The standard InChI is InChI=1S/C24H14N2S/c25-13-16-11-20(15-26-14-16)18-7-5-17(6-8-18)19-9-10-22-21-3-1-2-4-23(21)27-24(22)12-19/h1-12,14-15H. The van der Waals surface area contributed by atoms with Gasteiger partial charge in [-0.15, -0.1) is 11.3 Å². The van der Waals surface area contributed by atoms with Gasteiger partial charge >= 0.3 is 0 Å². The van der Waals surface area contributed by atoms with Gasteiger partial charge in [-0.05, 0) is 34.9 Å². The van der Waals surface area contributed by atoms with E-state index < -0.39 is 0 Å². The van der Waals surface area contributed by atoms with E-state index in [-0.39, 0.29) is 0 Å². The first-order chi connectivity index (χ1) is 13.3. The zero-order chi connectivity index (χ0) is 18.2. The summed E-state index contributed by atoms with van der Waals surface area (Å²) in [5.41, 5.74) is 4.99. The third kappa shape index (κ3) is 2.77. The molecule has 0 radical (unpaired) electrons. The Bertz CT molecular complexity index is 1320. The van der Waals surface area contributed by atoms with E-state index in [4.69, 9.17) is 5.26 Å².